The molecule has 0 aliphatic carbocycles. The molecule has 0 amide bonds. The third kappa shape index (κ3) is 5.27. The second kappa shape index (κ2) is 7.65. The Kier molecular flexibility index (Phi) is 7.51. The van der Waals surface area contributed by atoms with Crippen LogP contribution < -0.4 is 4.13 Å². The molecular formula is C9H7F7LiNO4S3. The second-order valence-electron chi connectivity index (χ2n) is 3.98. The van der Waals surface area contributed by atoms with Crippen LogP contribution in [0.15, 0.2) is 35.2 Å². The van der Waals surface area contributed by atoms with Gasteiger partial charge in [-0.15, -0.1) is 0 Å². The number of hydrogen-bond donors (Lipinski definition) is 1. The fourth-order valence-corrected chi connectivity index (χ4v) is 4.52. The third-order valence-electron chi connectivity index (χ3n) is 2.19. The van der Waals surface area contributed by atoms with E-state index in [1.54, 1.807) is 0 Å². The number of rotatable bonds is 6. The van der Waals surface area contributed by atoms with Crippen LogP contribution >= 0.6 is 11.8 Å². The predicted molar refractivity (Wildman–Crippen MR) is 76.4 cm³/mol. The summed E-state index contributed by atoms with van der Waals surface area (Å²) in [4.78, 5) is -0.531. The summed E-state index contributed by atoms with van der Waals surface area (Å²) < 4.78 is 133. The van der Waals surface area contributed by atoms with Gasteiger partial charge in [0.05, 0.1) is 0 Å². The first-order chi connectivity index (χ1) is 10.5. The molecule has 0 bridgehead atoms. The number of thioether (sulfide) groups is 1. The van der Waals surface area contributed by atoms with Crippen LogP contribution in [-0.4, -0.2) is 51.7 Å². The second-order valence-corrected chi connectivity index (χ2v) is 8.83. The number of benzene rings is 1. The zero-order valence-corrected chi connectivity index (χ0v) is 13.3. The molecular weight excluding hydrogens is 422 g/mol. The first kappa shape index (κ1) is 24.5. The fraction of sp³-hybridized carbons (Fsp3) is 0.333. The van der Waals surface area contributed by atoms with Crippen LogP contribution in [-0.2, 0) is 20.0 Å². The Balaban J connectivity index is 0.00000576. The Morgan fingerprint density at radius 2 is 1.24 bits per heavy atom. The van der Waals surface area contributed by atoms with E-state index < -0.39 is 56.8 Å². The zero-order chi connectivity index (χ0) is 19.0. The molecule has 0 radical (unpaired) electrons. The van der Waals surface area contributed by atoms with Crippen molar-refractivity contribution in [2.24, 2.45) is 0 Å². The summed E-state index contributed by atoms with van der Waals surface area (Å²) in [5.41, 5.74) is -6.29. The van der Waals surface area contributed by atoms with Crippen molar-refractivity contribution >= 4 is 50.7 Å². The SMILES string of the molecule is O=S(=O)(NS(=O)(=O)C(F)(F)C(F)(F)Sc1ccccc1)C(F)(F)F.[LiH]. The molecule has 1 rings (SSSR count). The van der Waals surface area contributed by atoms with E-state index in [1.165, 1.54) is 6.07 Å². The predicted octanol–water partition coefficient (Wildman–Crippen LogP) is 2.08. The molecule has 0 saturated carbocycles. The molecule has 1 aromatic rings. The van der Waals surface area contributed by atoms with Crippen LogP contribution in [0.5, 0.6) is 0 Å². The van der Waals surface area contributed by atoms with Crippen LogP contribution in [0.3, 0.4) is 0 Å². The molecule has 0 heterocycles. The molecule has 16 heteroatoms. The van der Waals surface area contributed by atoms with Gasteiger partial charge in [-0.2, -0.15) is 30.7 Å². The Hall–Kier alpha value is -0.463. The Labute approximate surface area is 153 Å². The van der Waals surface area contributed by atoms with Crippen LogP contribution in [0, 0.1) is 0 Å². The van der Waals surface area contributed by atoms with E-state index in [2.05, 4.69) is 0 Å². The molecule has 0 atom stereocenters. The van der Waals surface area contributed by atoms with Crippen molar-refractivity contribution in [3.05, 3.63) is 30.3 Å². The molecule has 0 aromatic heterocycles. The fourth-order valence-electron chi connectivity index (χ4n) is 1.10. The van der Waals surface area contributed by atoms with Crippen molar-refractivity contribution in [1.82, 2.24) is 4.13 Å². The summed E-state index contributed by atoms with van der Waals surface area (Å²) in [6.45, 7) is 0. The number of alkyl halides is 7. The summed E-state index contributed by atoms with van der Waals surface area (Å²) in [6, 6.07) is 5.44. The molecule has 5 nitrogen and oxygen atoms in total. The van der Waals surface area contributed by atoms with E-state index in [1.807, 2.05) is 0 Å². The Bertz CT molecular complexity index is 796. The first-order valence-electron chi connectivity index (χ1n) is 5.37. The van der Waals surface area contributed by atoms with Gasteiger partial charge >= 0.3 is 44.9 Å². The van der Waals surface area contributed by atoms with Gasteiger partial charge in [-0.25, -0.2) is 16.8 Å². The average molecular weight is 429 g/mol. The van der Waals surface area contributed by atoms with Gasteiger partial charge < -0.3 is 0 Å². The van der Waals surface area contributed by atoms with Crippen LogP contribution in [0.25, 0.3) is 0 Å². The molecule has 140 valence electrons. The summed E-state index contributed by atoms with van der Waals surface area (Å²) in [6.07, 6.45) is 0. The molecule has 25 heavy (non-hydrogen) atoms. The molecule has 0 spiro atoms. The molecule has 0 unspecified atom stereocenters. The van der Waals surface area contributed by atoms with Crippen molar-refractivity contribution in [3.63, 3.8) is 0 Å². The van der Waals surface area contributed by atoms with E-state index >= 15 is 0 Å². The number of halogens is 7. The third-order valence-corrected chi connectivity index (χ3v) is 6.64. The van der Waals surface area contributed by atoms with E-state index in [0.717, 1.165) is 24.3 Å². The maximum absolute atomic E-state index is 13.6. The molecule has 1 aromatic carbocycles. The van der Waals surface area contributed by atoms with Crippen molar-refractivity contribution in [3.8, 4) is 0 Å². The monoisotopic (exact) mass is 429 g/mol. The molecule has 1 N–H and O–H groups in total. The normalized spacial score (nSPS) is 14.0. The van der Waals surface area contributed by atoms with E-state index in [0.29, 0.717) is 0 Å². The van der Waals surface area contributed by atoms with Gasteiger partial charge in [0.15, 0.2) is 0 Å². The first-order valence-corrected chi connectivity index (χ1v) is 9.16. The van der Waals surface area contributed by atoms with Gasteiger partial charge in [0.25, 0.3) is 10.0 Å². The number of hydrogen-bond acceptors (Lipinski definition) is 5. The van der Waals surface area contributed by atoms with Gasteiger partial charge in [-0.3, -0.25) is 0 Å². The van der Waals surface area contributed by atoms with Crippen LogP contribution in [0.1, 0.15) is 0 Å². The molecule has 0 aliphatic heterocycles. The minimum absolute atomic E-state index is 0. The van der Waals surface area contributed by atoms with Gasteiger partial charge in [-0.05, 0) is 23.9 Å². The maximum atomic E-state index is 13.6. The van der Waals surface area contributed by atoms with E-state index in [9.17, 15) is 47.6 Å². The van der Waals surface area contributed by atoms with Gasteiger partial charge in [0.1, 0.15) is 0 Å². The topological polar surface area (TPSA) is 80.3 Å². The van der Waals surface area contributed by atoms with Gasteiger partial charge in [0, 0.05) is 4.90 Å². The molecule has 0 aliphatic rings. The standard InChI is InChI=1S/C9H6F7NO4S3.Li.H/c10-7(11,22-6-4-2-1-3-5-6)8(12,13)23(18,19)17-24(20,21)9(14,15)16;;/h1-5,17H;;. The van der Waals surface area contributed by atoms with Crippen molar-refractivity contribution < 1.29 is 47.6 Å². The van der Waals surface area contributed by atoms with Gasteiger partial charge in [0.2, 0.25) is 0 Å². The minimum atomic E-state index is -6.94. The van der Waals surface area contributed by atoms with Crippen LogP contribution in [0.2, 0.25) is 0 Å². The summed E-state index contributed by atoms with van der Waals surface area (Å²) in [5, 5.41) is -11.6. The Morgan fingerprint density at radius 3 is 1.64 bits per heavy atom. The van der Waals surface area contributed by atoms with Gasteiger partial charge in [-0.1, -0.05) is 22.3 Å². The van der Waals surface area contributed by atoms with Crippen molar-refractivity contribution in [2.45, 2.75) is 20.9 Å². The van der Waals surface area contributed by atoms with Crippen molar-refractivity contribution in [2.75, 3.05) is 0 Å². The Morgan fingerprint density at radius 1 is 0.800 bits per heavy atom. The summed E-state index contributed by atoms with van der Waals surface area (Å²) in [5.74, 6) is 0. The summed E-state index contributed by atoms with van der Waals surface area (Å²) in [7, 11) is -13.8. The zero-order valence-electron chi connectivity index (χ0n) is 10.9. The molecule has 0 fully saturated rings. The number of sulfonamides is 2. The van der Waals surface area contributed by atoms with E-state index in [-0.39, 0.29) is 18.9 Å². The van der Waals surface area contributed by atoms with Crippen molar-refractivity contribution in [1.29, 1.82) is 0 Å². The summed E-state index contributed by atoms with van der Waals surface area (Å²) >= 11 is -0.965. The average Bonchev–Trinajstić information content (AvgIpc) is 2.36. The van der Waals surface area contributed by atoms with E-state index in [4.69, 9.17) is 0 Å². The number of nitrogens with one attached hydrogen (secondary N) is 1. The van der Waals surface area contributed by atoms with Crippen LogP contribution in [0.4, 0.5) is 30.7 Å². The molecule has 0 saturated heterocycles. The quantitative estimate of drug-likeness (QED) is 0.426.